The van der Waals surface area contributed by atoms with E-state index in [9.17, 15) is 14.9 Å². The van der Waals surface area contributed by atoms with Gasteiger partial charge in [-0.3, -0.25) is 19.8 Å². The van der Waals surface area contributed by atoms with Gasteiger partial charge < -0.3 is 0 Å². The van der Waals surface area contributed by atoms with Crippen LogP contribution in [-0.2, 0) is 4.79 Å². The van der Waals surface area contributed by atoms with E-state index in [2.05, 4.69) is 10.9 Å². The molecule has 0 N–H and O–H groups in total. The number of aromatic nitrogens is 1. The molecular formula is C11H9N3O3. The van der Waals surface area contributed by atoms with Crippen LogP contribution in [0.5, 0.6) is 0 Å². The number of carbonyl (C=O) groups excluding carboxylic acids is 1. The van der Waals surface area contributed by atoms with Gasteiger partial charge in [0.25, 0.3) is 5.69 Å². The number of rotatable bonds is 2. The lowest BCUT2D eigenvalue weighted by Gasteiger charge is -2.13. The van der Waals surface area contributed by atoms with Gasteiger partial charge in [0.15, 0.2) is 0 Å². The maximum absolute atomic E-state index is 11.6. The molecule has 0 radical (unpaired) electrons. The zero-order valence-corrected chi connectivity index (χ0v) is 8.87. The number of nitrogens with zero attached hydrogens (tertiary/aromatic N) is 3. The van der Waals surface area contributed by atoms with Crippen LogP contribution >= 0.6 is 0 Å². The first kappa shape index (κ1) is 11.1. The summed E-state index contributed by atoms with van der Waals surface area (Å²) in [5.74, 6) is 2.71. The van der Waals surface area contributed by atoms with Crippen LogP contribution in [0.2, 0.25) is 0 Å². The highest BCUT2D eigenvalue weighted by atomic mass is 16.6. The number of anilines is 1. The van der Waals surface area contributed by atoms with Crippen LogP contribution in [0, 0.1) is 28.4 Å². The lowest BCUT2D eigenvalue weighted by atomic mass is 10.1. The van der Waals surface area contributed by atoms with Crippen molar-refractivity contribution in [1.82, 2.24) is 4.98 Å². The fourth-order valence-electron chi connectivity index (χ4n) is 1.69. The predicted molar refractivity (Wildman–Crippen MR) is 60.2 cm³/mol. The summed E-state index contributed by atoms with van der Waals surface area (Å²) in [7, 11) is 0. The molecule has 1 amide bonds. The van der Waals surface area contributed by atoms with E-state index in [0.717, 1.165) is 6.20 Å². The second-order valence-corrected chi connectivity index (χ2v) is 3.70. The summed E-state index contributed by atoms with van der Waals surface area (Å²) in [5, 5.41) is 10.5. The topological polar surface area (TPSA) is 76.3 Å². The van der Waals surface area contributed by atoms with Gasteiger partial charge in [0, 0.05) is 24.9 Å². The zero-order valence-electron chi connectivity index (χ0n) is 8.87. The normalized spacial score (nSPS) is 19.1. The summed E-state index contributed by atoms with van der Waals surface area (Å²) in [6, 6.07) is 2.77. The molecule has 0 saturated carbocycles. The van der Waals surface area contributed by atoms with Gasteiger partial charge >= 0.3 is 0 Å². The Bertz CT molecular complexity index is 504. The van der Waals surface area contributed by atoms with Crippen LogP contribution in [0.15, 0.2) is 18.3 Å². The van der Waals surface area contributed by atoms with Crippen molar-refractivity contribution in [3.63, 3.8) is 0 Å². The van der Waals surface area contributed by atoms with Crippen LogP contribution in [0.3, 0.4) is 0 Å². The minimum Gasteiger partial charge on any atom is -0.296 e. The molecule has 86 valence electrons. The molecule has 1 aliphatic heterocycles. The highest BCUT2D eigenvalue weighted by Crippen LogP contribution is 2.23. The molecule has 1 fully saturated rings. The van der Waals surface area contributed by atoms with Crippen molar-refractivity contribution in [3.05, 3.63) is 28.4 Å². The Morgan fingerprint density at radius 2 is 2.35 bits per heavy atom. The Kier molecular flexibility index (Phi) is 2.75. The summed E-state index contributed by atoms with van der Waals surface area (Å²) in [5.41, 5.74) is -0.103. The van der Waals surface area contributed by atoms with Crippen LogP contribution in [0.25, 0.3) is 0 Å². The molecular weight excluding hydrogens is 222 g/mol. The average molecular weight is 231 g/mol. The van der Waals surface area contributed by atoms with Gasteiger partial charge in [-0.15, -0.1) is 12.3 Å². The van der Waals surface area contributed by atoms with Gasteiger partial charge in [-0.05, 0) is 6.07 Å². The molecule has 0 aromatic carbocycles. The summed E-state index contributed by atoms with van der Waals surface area (Å²) in [4.78, 5) is 26.9. The molecule has 1 aromatic heterocycles. The van der Waals surface area contributed by atoms with E-state index in [1.165, 1.54) is 17.0 Å². The summed E-state index contributed by atoms with van der Waals surface area (Å²) >= 11 is 0. The number of terminal acetylenes is 1. The average Bonchev–Trinajstić information content (AvgIpc) is 2.71. The molecule has 1 unspecified atom stereocenters. The van der Waals surface area contributed by atoms with Gasteiger partial charge in [0.05, 0.1) is 4.92 Å². The Morgan fingerprint density at radius 1 is 1.59 bits per heavy atom. The summed E-state index contributed by atoms with van der Waals surface area (Å²) in [6.45, 7) is 0.417. The second kappa shape index (κ2) is 4.22. The molecule has 2 heterocycles. The van der Waals surface area contributed by atoms with Gasteiger partial charge in [0.2, 0.25) is 5.91 Å². The minimum atomic E-state index is -0.535. The van der Waals surface area contributed by atoms with Crippen molar-refractivity contribution in [2.75, 3.05) is 11.4 Å². The van der Waals surface area contributed by atoms with E-state index in [0.29, 0.717) is 18.8 Å². The van der Waals surface area contributed by atoms with Crippen molar-refractivity contribution in [2.45, 2.75) is 6.42 Å². The molecule has 0 aliphatic carbocycles. The number of hydrogen-bond donors (Lipinski definition) is 0. The Hall–Kier alpha value is -2.42. The van der Waals surface area contributed by atoms with Gasteiger partial charge in [0.1, 0.15) is 12.0 Å². The summed E-state index contributed by atoms with van der Waals surface area (Å²) in [6.07, 6.45) is 6.69. The third-order valence-electron chi connectivity index (χ3n) is 2.58. The van der Waals surface area contributed by atoms with Crippen LogP contribution in [0.1, 0.15) is 6.42 Å². The molecule has 1 aliphatic rings. The first-order chi connectivity index (χ1) is 8.11. The smallest absolute Gasteiger partial charge is 0.287 e. The SMILES string of the molecule is C#CC1CC(=O)N(c2ccc([N+](=O)[O-])cn2)C1. The number of nitro groups is 1. The second-order valence-electron chi connectivity index (χ2n) is 3.70. The van der Waals surface area contributed by atoms with E-state index >= 15 is 0 Å². The van der Waals surface area contributed by atoms with Crippen LogP contribution in [0.4, 0.5) is 11.5 Å². The third-order valence-corrected chi connectivity index (χ3v) is 2.58. The monoisotopic (exact) mass is 231 g/mol. The number of amides is 1. The standard InChI is InChI=1S/C11H9N3O3/c1-2-8-5-11(15)13(7-8)10-4-3-9(6-12-10)14(16)17/h1,3-4,6,8H,5,7H2. The molecule has 1 saturated heterocycles. The van der Waals surface area contributed by atoms with E-state index in [1.54, 1.807) is 0 Å². The number of hydrogen-bond acceptors (Lipinski definition) is 4. The lowest BCUT2D eigenvalue weighted by Crippen LogP contribution is -2.25. The number of pyridine rings is 1. The van der Waals surface area contributed by atoms with Crippen molar-refractivity contribution >= 4 is 17.4 Å². The quantitative estimate of drug-likeness (QED) is 0.432. The van der Waals surface area contributed by atoms with Crippen molar-refractivity contribution in [3.8, 4) is 12.3 Å². The van der Waals surface area contributed by atoms with Gasteiger partial charge in [-0.2, -0.15) is 0 Å². The predicted octanol–water partition coefficient (Wildman–Crippen LogP) is 0.976. The Morgan fingerprint density at radius 3 is 2.82 bits per heavy atom. The molecule has 6 heteroatoms. The van der Waals surface area contributed by atoms with Crippen LogP contribution < -0.4 is 4.90 Å². The van der Waals surface area contributed by atoms with E-state index in [1.807, 2.05) is 0 Å². The van der Waals surface area contributed by atoms with Gasteiger partial charge in [-0.25, -0.2) is 4.98 Å². The van der Waals surface area contributed by atoms with Crippen LogP contribution in [-0.4, -0.2) is 22.4 Å². The summed E-state index contributed by atoms with van der Waals surface area (Å²) < 4.78 is 0. The Balaban J connectivity index is 2.21. The molecule has 0 bridgehead atoms. The third kappa shape index (κ3) is 2.08. The largest absolute Gasteiger partial charge is 0.296 e. The first-order valence-electron chi connectivity index (χ1n) is 4.98. The van der Waals surface area contributed by atoms with Gasteiger partial charge in [-0.1, -0.05) is 0 Å². The maximum atomic E-state index is 11.6. The fourth-order valence-corrected chi connectivity index (χ4v) is 1.69. The molecule has 17 heavy (non-hydrogen) atoms. The Labute approximate surface area is 97.4 Å². The first-order valence-corrected chi connectivity index (χ1v) is 4.98. The highest BCUT2D eigenvalue weighted by molar-refractivity contribution is 5.95. The number of carbonyl (C=O) groups is 1. The van der Waals surface area contributed by atoms with Crippen molar-refractivity contribution in [1.29, 1.82) is 0 Å². The lowest BCUT2D eigenvalue weighted by molar-refractivity contribution is -0.385. The molecule has 1 aromatic rings. The van der Waals surface area contributed by atoms with E-state index < -0.39 is 4.92 Å². The minimum absolute atomic E-state index is 0.102. The highest BCUT2D eigenvalue weighted by Gasteiger charge is 2.30. The van der Waals surface area contributed by atoms with Crippen molar-refractivity contribution in [2.24, 2.45) is 5.92 Å². The molecule has 0 spiro atoms. The fraction of sp³-hybridized carbons (Fsp3) is 0.273. The maximum Gasteiger partial charge on any atom is 0.287 e. The zero-order chi connectivity index (χ0) is 12.4. The molecule has 2 rings (SSSR count). The van der Waals surface area contributed by atoms with E-state index in [4.69, 9.17) is 6.42 Å². The molecule has 1 atom stereocenters. The van der Waals surface area contributed by atoms with Crippen molar-refractivity contribution < 1.29 is 9.72 Å². The molecule has 6 nitrogen and oxygen atoms in total. The van der Waals surface area contributed by atoms with E-state index in [-0.39, 0.29) is 17.5 Å².